The summed E-state index contributed by atoms with van der Waals surface area (Å²) < 4.78 is 0. The Bertz CT molecular complexity index is 637. The molecule has 0 aromatic heterocycles. The number of carbonyl (C=O) groups excluding carboxylic acids is 1. The third-order valence-corrected chi connectivity index (χ3v) is 4.09. The lowest BCUT2D eigenvalue weighted by atomic mass is 9.92. The highest BCUT2D eigenvalue weighted by Gasteiger charge is 2.15. The maximum absolute atomic E-state index is 12.4. The first kappa shape index (κ1) is 18.2. The molecule has 128 valence electrons. The molecule has 0 saturated carbocycles. The average Bonchev–Trinajstić information content (AvgIpc) is 2.55. The first-order chi connectivity index (χ1) is 11.5. The smallest absolute Gasteiger partial charge is 0.238 e. The fourth-order valence-corrected chi connectivity index (χ4v) is 2.80. The van der Waals surface area contributed by atoms with Crippen molar-refractivity contribution < 1.29 is 4.79 Å². The van der Waals surface area contributed by atoms with Crippen LogP contribution in [0.15, 0.2) is 48.5 Å². The zero-order valence-corrected chi connectivity index (χ0v) is 15.1. The van der Waals surface area contributed by atoms with E-state index in [-0.39, 0.29) is 5.91 Å². The van der Waals surface area contributed by atoms with Crippen molar-refractivity contribution in [3.05, 3.63) is 65.2 Å². The van der Waals surface area contributed by atoms with Crippen molar-refractivity contribution in [1.29, 1.82) is 0 Å². The molecule has 2 aromatic rings. The molecule has 3 heteroatoms. The van der Waals surface area contributed by atoms with Gasteiger partial charge in [0.25, 0.3) is 0 Å². The minimum absolute atomic E-state index is 0.000862. The van der Waals surface area contributed by atoms with Crippen molar-refractivity contribution in [1.82, 2.24) is 5.32 Å². The number of anilines is 1. The van der Waals surface area contributed by atoms with E-state index in [0.717, 1.165) is 5.69 Å². The van der Waals surface area contributed by atoms with E-state index in [1.807, 2.05) is 18.2 Å². The molecule has 0 fully saturated rings. The Morgan fingerprint density at radius 3 is 2.00 bits per heavy atom. The van der Waals surface area contributed by atoms with E-state index in [9.17, 15) is 4.79 Å². The summed E-state index contributed by atoms with van der Waals surface area (Å²) in [5, 5.41) is 6.33. The molecule has 0 aliphatic heterocycles. The van der Waals surface area contributed by atoms with Crippen molar-refractivity contribution >= 4 is 11.6 Å². The molecule has 24 heavy (non-hydrogen) atoms. The van der Waals surface area contributed by atoms with Crippen LogP contribution in [0, 0.1) is 0 Å². The molecule has 0 spiro atoms. The van der Waals surface area contributed by atoms with E-state index in [2.05, 4.69) is 68.7 Å². The molecule has 0 aliphatic carbocycles. The minimum Gasteiger partial charge on any atom is -0.324 e. The lowest BCUT2D eigenvalue weighted by molar-refractivity contribution is -0.115. The number of benzene rings is 2. The summed E-state index contributed by atoms with van der Waals surface area (Å²) in [5.74, 6) is 0.744. The molecule has 0 atom stereocenters. The SMILES string of the molecule is CC(C)c1cccc(C(C)C)c1NC(=O)CNCc1ccccc1. The Kier molecular flexibility index (Phi) is 6.56. The molecule has 0 heterocycles. The second kappa shape index (κ2) is 8.65. The summed E-state index contributed by atoms with van der Waals surface area (Å²) in [7, 11) is 0. The Morgan fingerprint density at radius 1 is 0.875 bits per heavy atom. The highest BCUT2D eigenvalue weighted by atomic mass is 16.1. The normalized spacial score (nSPS) is 11.1. The predicted octanol–water partition coefficient (Wildman–Crippen LogP) is 4.66. The van der Waals surface area contributed by atoms with Crippen LogP contribution in [-0.4, -0.2) is 12.5 Å². The number of rotatable bonds is 7. The molecule has 3 nitrogen and oxygen atoms in total. The van der Waals surface area contributed by atoms with Crippen LogP contribution in [0.5, 0.6) is 0 Å². The van der Waals surface area contributed by atoms with Gasteiger partial charge in [-0.3, -0.25) is 4.79 Å². The van der Waals surface area contributed by atoms with Crippen LogP contribution in [0.1, 0.15) is 56.2 Å². The molecule has 2 N–H and O–H groups in total. The van der Waals surface area contributed by atoms with Gasteiger partial charge in [-0.2, -0.15) is 0 Å². The Morgan fingerprint density at radius 2 is 1.46 bits per heavy atom. The van der Waals surface area contributed by atoms with E-state index < -0.39 is 0 Å². The lowest BCUT2D eigenvalue weighted by Gasteiger charge is -2.20. The van der Waals surface area contributed by atoms with Crippen molar-refractivity contribution in [2.75, 3.05) is 11.9 Å². The Balaban J connectivity index is 2.02. The largest absolute Gasteiger partial charge is 0.324 e. The molecular weight excluding hydrogens is 296 g/mol. The van der Waals surface area contributed by atoms with Crippen LogP contribution in [0.3, 0.4) is 0 Å². The topological polar surface area (TPSA) is 41.1 Å². The van der Waals surface area contributed by atoms with Crippen molar-refractivity contribution in [2.45, 2.75) is 46.1 Å². The number of hydrogen-bond acceptors (Lipinski definition) is 2. The van der Waals surface area contributed by atoms with E-state index in [1.165, 1.54) is 16.7 Å². The van der Waals surface area contributed by atoms with Gasteiger partial charge in [-0.15, -0.1) is 0 Å². The fraction of sp³-hybridized carbons (Fsp3) is 0.381. The lowest BCUT2D eigenvalue weighted by Crippen LogP contribution is -2.28. The van der Waals surface area contributed by atoms with Crippen molar-refractivity contribution in [3.8, 4) is 0 Å². The van der Waals surface area contributed by atoms with Gasteiger partial charge in [0.1, 0.15) is 0 Å². The molecule has 0 bridgehead atoms. The number of nitrogens with one attached hydrogen (secondary N) is 2. The van der Waals surface area contributed by atoms with Gasteiger partial charge in [0, 0.05) is 12.2 Å². The summed E-state index contributed by atoms with van der Waals surface area (Å²) >= 11 is 0. The summed E-state index contributed by atoms with van der Waals surface area (Å²) in [6.07, 6.45) is 0. The van der Waals surface area contributed by atoms with E-state index >= 15 is 0 Å². The molecule has 0 unspecified atom stereocenters. The van der Waals surface area contributed by atoms with Gasteiger partial charge in [-0.1, -0.05) is 76.2 Å². The zero-order chi connectivity index (χ0) is 17.5. The molecular formula is C21H28N2O. The quantitative estimate of drug-likeness (QED) is 0.777. The summed E-state index contributed by atoms with van der Waals surface area (Å²) in [4.78, 5) is 12.4. The summed E-state index contributed by atoms with van der Waals surface area (Å²) in [6.45, 7) is 9.62. The highest BCUT2D eigenvalue weighted by molar-refractivity contribution is 5.94. The van der Waals surface area contributed by atoms with Gasteiger partial charge in [0.15, 0.2) is 0 Å². The first-order valence-corrected chi connectivity index (χ1v) is 8.66. The Hall–Kier alpha value is -2.13. The summed E-state index contributed by atoms with van der Waals surface area (Å²) in [5.41, 5.74) is 4.54. The second-order valence-corrected chi connectivity index (χ2v) is 6.76. The van der Waals surface area contributed by atoms with E-state index in [1.54, 1.807) is 0 Å². The molecule has 2 rings (SSSR count). The van der Waals surface area contributed by atoms with Crippen LogP contribution in [-0.2, 0) is 11.3 Å². The third-order valence-electron chi connectivity index (χ3n) is 4.09. The van der Waals surface area contributed by atoms with Crippen LogP contribution < -0.4 is 10.6 Å². The van der Waals surface area contributed by atoms with Crippen molar-refractivity contribution in [2.24, 2.45) is 0 Å². The van der Waals surface area contributed by atoms with Crippen LogP contribution in [0.4, 0.5) is 5.69 Å². The minimum atomic E-state index is 0.000862. The Labute approximate surface area is 145 Å². The molecule has 0 radical (unpaired) electrons. The third kappa shape index (κ3) is 4.93. The van der Waals surface area contributed by atoms with Gasteiger partial charge < -0.3 is 10.6 Å². The first-order valence-electron chi connectivity index (χ1n) is 8.66. The maximum Gasteiger partial charge on any atom is 0.238 e. The molecule has 0 aliphatic rings. The number of carbonyl (C=O) groups is 1. The van der Waals surface area contributed by atoms with Gasteiger partial charge in [-0.25, -0.2) is 0 Å². The number of para-hydroxylation sites is 1. The molecule has 0 saturated heterocycles. The second-order valence-electron chi connectivity index (χ2n) is 6.76. The van der Waals surface area contributed by atoms with E-state index in [0.29, 0.717) is 24.9 Å². The van der Waals surface area contributed by atoms with Crippen LogP contribution >= 0.6 is 0 Å². The van der Waals surface area contributed by atoms with Crippen molar-refractivity contribution in [3.63, 3.8) is 0 Å². The standard InChI is InChI=1S/C21H28N2O/c1-15(2)18-11-8-12-19(16(3)4)21(18)23-20(24)14-22-13-17-9-6-5-7-10-17/h5-12,15-16,22H,13-14H2,1-4H3,(H,23,24). The monoisotopic (exact) mass is 324 g/mol. The maximum atomic E-state index is 12.4. The number of amides is 1. The summed E-state index contributed by atoms with van der Waals surface area (Å²) in [6, 6.07) is 16.4. The fourth-order valence-electron chi connectivity index (χ4n) is 2.80. The predicted molar refractivity (Wildman–Crippen MR) is 101 cm³/mol. The van der Waals surface area contributed by atoms with Crippen LogP contribution in [0.2, 0.25) is 0 Å². The van der Waals surface area contributed by atoms with Gasteiger partial charge in [-0.05, 0) is 28.5 Å². The number of hydrogen-bond donors (Lipinski definition) is 2. The van der Waals surface area contributed by atoms with Crippen LogP contribution in [0.25, 0.3) is 0 Å². The molecule has 2 aromatic carbocycles. The van der Waals surface area contributed by atoms with Gasteiger partial charge in [0.05, 0.1) is 6.54 Å². The average molecular weight is 324 g/mol. The van der Waals surface area contributed by atoms with Gasteiger partial charge >= 0.3 is 0 Å². The van der Waals surface area contributed by atoms with E-state index in [4.69, 9.17) is 0 Å². The zero-order valence-electron chi connectivity index (χ0n) is 15.1. The molecule has 1 amide bonds. The highest BCUT2D eigenvalue weighted by Crippen LogP contribution is 2.32. The van der Waals surface area contributed by atoms with Gasteiger partial charge in [0.2, 0.25) is 5.91 Å².